The molecular formula is C20H18O3. The number of rotatable bonds is 2. The van der Waals surface area contributed by atoms with E-state index in [-0.39, 0.29) is 11.7 Å². The smallest absolute Gasteiger partial charge is 0.163 e. The number of carbonyl (C=O) groups is 1. The van der Waals surface area contributed by atoms with Crippen molar-refractivity contribution in [2.45, 2.75) is 25.2 Å². The van der Waals surface area contributed by atoms with Crippen LogP contribution in [0.3, 0.4) is 0 Å². The lowest BCUT2D eigenvalue weighted by Gasteiger charge is -2.32. The van der Waals surface area contributed by atoms with Crippen LogP contribution < -0.4 is 9.47 Å². The standard InChI is InChI=1S/C20H18O3/c1-22-14-11-9-13(10-12-14)19-15-5-2-3-7-17(15)23-18-8-4-6-16(21)20(18)19/h2-3,5,7,9-12,19H,4,6,8H2,1H3/t19-/m1/s1. The highest BCUT2D eigenvalue weighted by atomic mass is 16.5. The van der Waals surface area contributed by atoms with Gasteiger partial charge in [-0.2, -0.15) is 0 Å². The molecule has 0 aromatic heterocycles. The van der Waals surface area contributed by atoms with Crippen LogP contribution in [0.4, 0.5) is 0 Å². The van der Waals surface area contributed by atoms with Crippen molar-refractivity contribution in [3.05, 3.63) is 71.0 Å². The van der Waals surface area contributed by atoms with E-state index in [0.717, 1.165) is 46.8 Å². The molecule has 1 aliphatic carbocycles. The molecule has 0 spiro atoms. The SMILES string of the molecule is COc1ccc([C@H]2C3=C(CCCC3=O)Oc3ccccc32)cc1. The number of methoxy groups -OCH3 is 1. The predicted molar refractivity (Wildman–Crippen MR) is 87.8 cm³/mol. The van der Waals surface area contributed by atoms with Gasteiger partial charge in [0.2, 0.25) is 0 Å². The van der Waals surface area contributed by atoms with Crippen LogP contribution >= 0.6 is 0 Å². The van der Waals surface area contributed by atoms with Gasteiger partial charge in [-0.25, -0.2) is 0 Å². The molecule has 1 heterocycles. The van der Waals surface area contributed by atoms with Crippen LogP contribution in [-0.2, 0) is 4.79 Å². The first-order valence-corrected chi connectivity index (χ1v) is 7.95. The molecule has 4 rings (SSSR count). The molecule has 0 N–H and O–H groups in total. The van der Waals surface area contributed by atoms with Crippen molar-refractivity contribution in [1.82, 2.24) is 0 Å². The van der Waals surface area contributed by atoms with Gasteiger partial charge in [0.25, 0.3) is 0 Å². The molecule has 0 unspecified atom stereocenters. The molecule has 2 aromatic rings. The largest absolute Gasteiger partial charge is 0.497 e. The van der Waals surface area contributed by atoms with Crippen LogP contribution in [0.2, 0.25) is 0 Å². The second-order valence-corrected chi connectivity index (χ2v) is 5.96. The number of ether oxygens (including phenoxy) is 2. The summed E-state index contributed by atoms with van der Waals surface area (Å²) >= 11 is 0. The summed E-state index contributed by atoms with van der Waals surface area (Å²) in [5.74, 6) is 2.69. The molecule has 3 heteroatoms. The Bertz CT molecular complexity index is 787. The van der Waals surface area contributed by atoms with E-state index < -0.39 is 0 Å². The number of benzene rings is 2. The molecule has 0 saturated heterocycles. The first-order valence-electron chi connectivity index (χ1n) is 7.95. The van der Waals surface area contributed by atoms with E-state index in [2.05, 4.69) is 6.07 Å². The summed E-state index contributed by atoms with van der Waals surface area (Å²) in [6.45, 7) is 0. The number of allylic oxidation sites excluding steroid dienone is 2. The number of carbonyl (C=O) groups excluding carboxylic acids is 1. The Morgan fingerprint density at radius 1 is 1.04 bits per heavy atom. The lowest BCUT2D eigenvalue weighted by Crippen LogP contribution is -2.25. The maximum absolute atomic E-state index is 12.6. The number of Topliss-reactive ketones (excluding diaryl/α,β-unsaturated/α-hetero) is 1. The van der Waals surface area contributed by atoms with E-state index in [9.17, 15) is 4.79 Å². The molecule has 2 aromatic carbocycles. The van der Waals surface area contributed by atoms with E-state index in [1.807, 2.05) is 42.5 Å². The Balaban J connectivity index is 1.89. The Kier molecular flexibility index (Phi) is 3.41. The second kappa shape index (κ2) is 5.58. The van der Waals surface area contributed by atoms with Gasteiger partial charge in [0, 0.05) is 29.9 Å². The Hall–Kier alpha value is -2.55. The number of fused-ring (bicyclic) bond motifs is 1. The van der Waals surface area contributed by atoms with Crippen LogP contribution in [0.25, 0.3) is 0 Å². The number of para-hydroxylation sites is 1. The molecule has 1 atom stereocenters. The summed E-state index contributed by atoms with van der Waals surface area (Å²) in [6, 6.07) is 16.0. The topological polar surface area (TPSA) is 35.5 Å². The van der Waals surface area contributed by atoms with E-state index in [1.165, 1.54) is 0 Å². The summed E-state index contributed by atoms with van der Waals surface area (Å²) in [5, 5.41) is 0. The second-order valence-electron chi connectivity index (χ2n) is 5.96. The quantitative estimate of drug-likeness (QED) is 0.833. The monoisotopic (exact) mass is 306 g/mol. The molecule has 0 fully saturated rings. The average molecular weight is 306 g/mol. The highest BCUT2D eigenvalue weighted by Crippen LogP contribution is 2.46. The van der Waals surface area contributed by atoms with Crippen molar-refractivity contribution in [1.29, 1.82) is 0 Å². The van der Waals surface area contributed by atoms with E-state index in [0.29, 0.717) is 6.42 Å². The van der Waals surface area contributed by atoms with Gasteiger partial charge >= 0.3 is 0 Å². The van der Waals surface area contributed by atoms with E-state index in [4.69, 9.17) is 9.47 Å². The Labute approximate surface area is 135 Å². The van der Waals surface area contributed by atoms with Gasteiger partial charge in [-0.05, 0) is 30.2 Å². The van der Waals surface area contributed by atoms with Crippen LogP contribution in [0.5, 0.6) is 11.5 Å². The molecule has 2 aliphatic rings. The zero-order valence-corrected chi connectivity index (χ0v) is 13.0. The number of ketones is 1. The van der Waals surface area contributed by atoms with Crippen molar-refractivity contribution >= 4 is 5.78 Å². The molecule has 3 nitrogen and oxygen atoms in total. The van der Waals surface area contributed by atoms with Crippen LogP contribution in [0.1, 0.15) is 36.3 Å². The molecule has 0 saturated carbocycles. The molecule has 0 amide bonds. The predicted octanol–water partition coefficient (Wildman–Crippen LogP) is 4.23. The zero-order valence-electron chi connectivity index (χ0n) is 13.0. The zero-order chi connectivity index (χ0) is 15.8. The minimum atomic E-state index is -0.0475. The van der Waals surface area contributed by atoms with Crippen LogP contribution in [0.15, 0.2) is 59.9 Å². The third-order valence-electron chi connectivity index (χ3n) is 4.61. The Morgan fingerprint density at radius 2 is 1.83 bits per heavy atom. The molecular weight excluding hydrogens is 288 g/mol. The first kappa shape index (κ1) is 14.1. The number of hydrogen-bond donors (Lipinski definition) is 0. The van der Waals surface area contributed by atoms with Gasteiger partial charge in [0.15, 0.2) is 5.78 Å². The van der Waals surface area contributed by atoms with Gasteiger partial charge in [-0.1, -0.05) is 30.3 Å². The van der Waals surface area contributed by atoms with Gasteiger partial charge in [-0.3, -0.25) is 4.79 Å². The summed E-state index contributed by atoms with van der Waals surface area (Å²) in [5.41, 5.74) is 3.00. The van der Waals surface area contributed by atoms with Crippen molar-refractivity contribution < 1.29 is 14.3 Å². The van der Waals surface area contributed by atoms with Crippen LogP contribution in [0, 0.1) is 0 Å². The fourth-order valence-electron chi connectivity index (χ4n) is 3.51. The maximum atomic E-state index is 12.6. The highest BCUT2D eigenvalue weighted by molar-refractivity contribution is 5.99. The van der Waals surface area contributed by atoms with Gasteiger partial charge in [-0.15, -0.1) is 0 Å². The number of hydrogen-bond acceptors (Lipinski definition) is 3. The Morgan fingerprint density at radius 3 is 2.61 bits per heavy atom. The van der Waals surface area contributed by atoms with Crippen molar-refractivity contribution in [2.75, 3.05) is 7.11 Å². The molecule has 0 radical (unpaired) electrons. The van der Waals surface area contributed by atoms with Gasteiger partial charge in [0.1, 0.15) is 17.3 Å². The van der Waals surface area contributed by atoms with Crippen molar-refractivity contribution in [2.24, 2.45) is 0 Å². The van der Waals surface area contributed by atoms with Gasteiger partial charge in [0.05, 0.1) is 7.11 Å². The van der Waals surface area contributed by atoms with Gasteiger partial charge < -0.3 is 9.47 Å². The maximum Gasteiger partial charge on any atom is 0.163 e. The fourth-order valence-corrected chi connectivity index (χ4v) is 3.51. The first-order chi connectivity index (χ1) is 11.3. The summed E-state index contributed by atoms with van der Waals surface area (Å²) < 4.78 is 11.3. The van der Waals surface area contributed by atoms with Crippen molar-refractivity contribution in [3.63, 3.8) is 0 Å². The third-order valence-corrected chi connectivity index (χ3v) is 4.61. The minimum absolute atomic E-state index is 0.0475. The third kappa shape index (κ3) is 2.33. The average Bonchev–Trinajstić information content (AvgIpc) is 2.60. The normalized spacial score (nSPS) is 19.7. The molecule has 0 bridgehead atoms. The van der Waals surface area contributed by atoms with E-state index >= 15 is 0 Å². The fraction of sp³-hybridized carbons (Fsp3) is 0.250. The molecule has 116 valence electrons. The lowest BCUT2D eigenvalue weighted by atomic mass is 9.77. The molecule has 1 aliphatic heterocycles. The minimum Gasteiger partial charge on any atom is -0.497 e. The lowest BCUT2D eigenvalue weighted by molar-refractivity contribution is -0.116. The van der Waals surface area contributed by atoms with Crippen molar-refractivity contribution in [3.8, 4) is 11.5 Å². The van der Waals surface area contributed by atoms with Crippen LogP contribution in [-0.4, -0.2) is 12.9 Å². The summed E-state index contributed by atoms with van der Waals surface area (Å²) in [4.78, 5) is 12.6. The van der Waals surface area contributed by atoms with E-state index in [1.54, 1.807) is 7.11 Å². The summed E-state index contributed by atoms with van der Waals surface area (Å²) in [6.07, 6.45) is 2.31. The summed E-state index contributed by atoms with van der Waals surface area (Å²) in [7, 11) is 1.66. The molecule has 23 heavy (non-hydrogen) atoms. The highest BCUT2D eigenvalue weighted by Gasteiger charge is 2.36.